The predicted octanol–water partition coefficient (Wildman–Crippen LogP) is -0.517. The van der Waals surface area contributed by atoms with E-state index in [0.29, 0.717) is 17.1 Å². The third-order valence-corrected chi connectivity index (χ3v) is 6.93. The molecule has 4 atom stereocenters. The van der Waals surface area contributed by atoms with Crippen molar-refractivity contribution in [2.24, 2.45) is 17.8 Å². The Labute approximate surface area is 230 Å². The molecule has 2 bridgehead atoms. The van der Waals surface area contributed by atoms with Crippen molar-refractivity contribution < 1.29 is 39.6 Å². The van der Waals surface area contributed by atoms with Gasteiger partial charge in [0, 0.05) is 22.0 Å². The van der Waals surface area contributed by atoms with Crippen molar-refractivity contribution in [1.82, 2.24) is 0 Å². The molecule has 2 saturated carbocycles. The van der Waals surface area contributed by atoms with Crippen LogP contribution in [0.3, 0.4) is 0 Å². The predicted molar refractivity (Wildman–Crippen MR) is 134 cm³/mol. The largest absolute Gasteiger partial charge is 4.00 e. The number of aliphatic carboxylic acids is 4. The van der Waals surface area contributed by atoms with Crippen LogP contribution in [0.5, 0.6) is 0 Å². The zero-order valence-corrected chi connectivity index (χ0v) is 22.9. The summed E-state index contributed by atoms with van der Waals surface area (Å²) in [4.78, 5) is 39.9. The van der Waals surface area contributed by atoms with E-state index in [-0.39, 0.29) is 23.5 Å². The number of rotatable bonds is 6. The first-order valence-corrected chi connectivity index (χ1v) is 11.8. The molecule has 4 unspecified atom stereocenters. The molecule has 2 fully saturated rings. The van der Waals surface area contributed by atoms with E-state index >= 15 is 0 Å². The molecule has 4 rings (SSSR count). The molecule has 0 amide bonds. The van der Waals surface area contributed by atoms with Crippen molar-refractivity contribution in [3.05, 3.63) is 80.4 Å². The Hall–Kier alpha value is -3.31. The molecule has 10 heteroatoms. The van der Waals surface area contributed by atoms with E-state index in [9.17, 15) is 9.90 Å². The Bertz CT molecular complexity index is 1070. The van der Waals surface area contributed by atoms with E-state index in [4.69, 9.17) is 29.7 Å². The Kier molecular flexibility index (Phi) is 15.7. The third-order valence-electron chi connectivity index (χ3n) is 5.56. The van der Waals surface area contributed by atoms with Crippen molar-refractivity contribution in [3.8, 4) is 0 Å². The van der Waals surface area contributed by atoms with Gasteiger partial charge in [-0.15, -0.1) is 11.8 Å². The van der Waals surface area contributed by atoms with Crippen LogP contribution in [0.1, 0.15) is 19.3 Å². The van der Waals surface area contributed by atoms with E-state index in [2.05, 4.69) is 62.2 Å². The third kappa shape index (κ3) is 12.0. The second-order valence-electron chi connectivity index (χ2n) is 7.90. The summed E-state index contributed by atoms with van der Waals surface area (Å²) in [7, 11) is 0. The smallest absolute Gasteiger partial charge is 0.550 e. The summed E-state index contributed by atoms with van der Waals surface area (Å²) in [6, 6.07) is 14.9. The summed E-state index contributed by atoms with van der Waals surface area (Å²) in [5.41, 5.74) is 0. The maximum atomic E-state index is 11.2. The molecule has 2 aliphatic carbocycles. The van der Waals surface area contributed by atoms with Gasteiger partial charge >= 0.3 is 17.6 Å². The van der Waals surface area contributed by atoms with E-state index < -0.39 is 23.9 Å². The fourth-order valence-electron chi connectivity index (χ4n) is 4.11. The van der Waals surface area contributed by atoms with Gasteiger partial charge in [-0.25, -0.2) is 0 Å². The van der Waals surface area contributed by atoms with Crippen LogP contribution >= 0.6 is 11.8 Å². The molecule has 0 radical (unpaired) electrons. The van der Waals surface area contributed by atoms with Gasteiger partial charge in [0.05, 0.1) is 17.9 Å². The minimum atomic E-state index is -1.23. The van der Waals surface area contributed by atoms with Gasteiger partial charge in [0.1, 0.15) is 0 Å². The topological polar surface area (TPSA) is 161 Å². The van der Waals surface area contributed by atoms with E-state index in [1.807, 2.05) is 11.8 Å². The first-order valence-electron chi connectivity index (χ1n) is 10.9. The normalized spacial score (nSPS) is 20.1. The molecule has 192 valence electrons. The van der Waals surface area contributed by atoms with E-state index in [1.54, 1.807) is 0 Å². The second kappa shape index (κ2) is 17.2. The maximum Gasteiger partial charge on any atom is 4.00 e. The average molecular weight is 583 g/mol. The standard InChI is InChI=1S/C18H18O2S.3C3H4O2.Ge/c19-18(20)16-8-11-7-15(16)17(9-11)21-14-6-5-12-3-1-2-4-13(12)10-14;3*1-2-3(4)5;/h1-6,10-11,15-17H,7-9H2,(H,19,20);3*2H,1H2,(H,4,5);/q;;;;+4/p-4. The van der Waals surface area contributed by atoms with Crippen LogP contribution in [0.2, 0.25) is 0 Å². The first-order chi connectivity index (χ1) is 17.0. The molecule has 0 spiro atoms. The molecule has 2 aromatic carbocycles. The number of hydrogen-bond acceptors (Lipinski definition) is 9. The van der Waals surface area contributed by atoms with Crippen molar-refractivity contribution in [2.75, 3.05) is 0 Å². The van der Waals surface area contributed by atoms with Gasteiger partial charge in [-0.3, -0.25) is 0 Å². The minimum absolute atomic E-state index is 0. The minimum Gasteiger partial charge on any atom is -0.550 e. The molecular weight excluding hydrogens is 557 g/mol. The number of fused-ring (bicyclic) bond motifs is 3. The molecule has 8 nitrogen and oxygen atoms in total. The summed E-state index contributed by atoms with van der Waals surface area (Å²) >= 11 is 1.86. The summed E-state index contributed by atoms with van der Waals surface area (Å²) in [5.74, 6) is -3.86. The average Bonchev–Trinajstić information content (AvgIpc) is 3.46. The number of thioether (sulfide) groups is 1. The van der Waals surface area contributed by atoms with Crippen molar-refractivity contribution >= 4 is 64.0 Å². The van der Waals surface area contributed by atoms with Crippen molar-refractivity contribution in [2.45, 2.75) is 29.4 Å². The molecule has 0 aromatic heterocycles. The van der Waals surface area contributed by atoms with Crippen LogP contribution < -0.4 is 20.4 Å². The molecule has 0 saturated heterocycles. The quantitative estimate of drug-likeness (QED) is 0.322. The number of carbonyl (C=O) groups is 4. The zero-order chi connectivity index (χ0) is 27.3. The molecule has 0 aliphatic heterocycles. The van der Waals surface area contributed by atoms with E-state index in [0.717, 1.165) is 37.5 Å². The zero-order valence-electron chi connectivity index (χ0n) is 20.0. The van der Waals surface area contributed by atoms with Crippen LogP contribution in [0.15, 0.2) is 85.3 Å². The summed E-state index contributed by atoms with van der Waals surface area (Å²) in [6.07, 6.45) is 5.23. The number of carboxylic acid groups (broad SMARTS) is 4. The molecular formula is C27H26GeO8S. The van der Waals surface area contributed by atoms with Crippen LogP contribution in [0, 0.1) is 17.8 Å². The maximum absolute atomic E-state index is 11.2. The SMILES string of the molecule is C=CC(=O)[O-].C=CC(=O)[O-].C=CC(=O)[O-].O=C([O-])C1CC2CC(Sc3ccc4ccccc4c3)C1C2.[Ge+4]. The summed E-state index contributed by atoms with van der Waals surface area (Å²) in [6.45, 7) is 8.69. The van der Waals surface area contributed by atoms with Gasteiger partial charge in [0.25, 0.3) is 0 Å². The van der Waals surface area contributed by atoms with Gasteiger partial charge in [0.2, 0.25) is 0 Å². The first kappa shape index (κ1) is 33.7. The fourth-order valence-corrected chi connectivity index (χ4v) is 5.64. The van der Waals surface area contributed by atoms with E-state index in [1.165, 1.54) is 15.7 Å². The summed E-state index contributed by atoms with van der Waals surface area (Å²) in [5, 5.41) is 41.6. The van der Waals surface area contributed by atoms with Gasteiger partial charge < -0.3 is 39.6 Å². The monoisotopic (exact) mass is 584 g/mol. The number of hydrogen-bond donors (Lipinski definition) is 0. The Morgan fingerprint density at radius 3 is 1.68 bits per heavy atom. The Balaban J connectivity index is 0.000000675. The fraction of sp³-hybridized carbons (Fsp3) is 0.259. The van der Waals surface area contributed by atoms with Crippen LogP contribution in [0.4, 0.5) is 0 Å². The van der Waals surface area contributed by atoms with Gasteiger partial charge in [0.15, 0.2) is 0 Å². The van der Waals surface area contributed by atoms with Gasteiger partial charge in [-0.2, -0.15) is 0 Å². The number of carbonyl (C=O) groups excluding carboxylic acids is 4. The Morgan fingerprint density at radius 2 is 1.24 bits per heavy atom. The molecule has 0 N–H and O–H groups in total. The van der Waals surface area contributed by atoms with Gasteiger partial charge in [-0.1, -0.05) is 50.1 Å². The molecule has 0 heterocycles. The van der Waals surface area contributed by atoms with Crippen LogP contribution in [0.25, 0.3) is 10.8 Å². The van der Waals surface area contributed by atoms with Crippen LogP contribution in [-0.4, -0.2) is 46.7 Å². The number of benzene rings is 2. The summed E-state index contributed by atoms with van der Waals surface area (Å²) < 4.78 is 0. The van der Waals surface area contributed by atoms with Crippen molar-refractivity contribution in [3.63, 3.8) is 0 Å². The molecule has 37 heavy (non-hydrogen) atoms. The Morgan fingerprint density at radius 1 is 0.757 bits per heavy atom. The molecule has 2 aromatic rings. The second-order valence-corrected chi connectivity index (χ2v) is 9.21. The van der Waals surface area contributed by atoms with Crippen molar-refractivity contribution in [1.29, 1.82) is 0 Å². The number of carboxylic acids is 4. The van der Waals surface area contributed by atoms with Gasteiger partial charge in [-0.05, 0) is 72.2 Å². The van der Waals surface area contributed by atoms with Crippen LogP contribution in [-0.2, 0) is 19.2 Å². The molecule has 2 aliphatic rings.